The number of piperazine rings is 1. The minimum Gasteiger partial charge on any atom is -0.357 e. The number of nitrogens with zero attached hydrogens (tertiary/aromatic N) is 4. The Hall–Kier alpha value is -1.13. The zero-order valence-electron chi connectivity index (χ0n) is 13.5. The predicted molar refractivity (Wildman–Crippen MR) is 87.9 cm³/mol. The molecule has 0 spiro atoms. The van der Waals surface area contributed by atoms with Crippen molar-refractivity contribution < 1.29 is 0 Å². The number of pyridine rings is 1. The third kappa shape index (κ3) is 3.55. The van der Waals surface area contributed by atoms with Gasteiger partial charge in [-0.25, -0.2) is 4.98 Å². The van der Waals surface area contributed by atoms with E-state index in [9.17, 15) is 0 Å². The number of anilines is 1. The molecule has 0 bridgehead atoms. The molecule has 1 aromatic rings. The lowest BCUT2D eigenvalue weighted by Crippen LogP contribution is -2.52. The van der Waals surface area contributed by atoms with E-state index in [1.165, 1.54) is 44.6 Å². The SMILES string of the molecule is CCc1ccc(N2CCC(N3CCN(C)CC3)CC2)nc1. The second kappa shape index (κ2) is 6.75. The summed E-state index contributed by atoms with van der Waals surface area (Å²) in [5.41, 5.74) is 1.33. The molecule has 0 saturated carbocycles. The first kappa shape index (κ1) is 14.8. The number of hydrogen-bond acceptors (Lipinski definition) is 4. The van der Waals surface area contributed by atoms with Gasteiger partial charge in [0.25, 0.3) is 0 Å². The summed E-state index contributed by atoms with van der Waals surface area (Å²) >= 11 is 0. The molecule has 2 fully saturated rings. The predicted octanol–water partition coefficient (Wildman–Crippen LogP) is 1.86. The van der Waals surface area contributed by atoms with Gasteiger partial charge in [-0.3, -0.25) is 4.90 Å². The van der Waals surface area contributed by atoms with Crippen LogP contribution in [0.5, 0.6) is 0 Å². The van der Waals surface area contributed by atoms with E-state index in [1.807, 2.05) is 6.20 Å². The van der Waals surface area contributed by atoms with Crippen LogP contribution >= 0.6 is 0 Å². The van der Waals surface area contributed by atoms with Gasteiger partial charge in [0.05, 0.1) is 0 Å². The normalized spacial score (nSPS) is 22.7. The van der Waals surface area contributed by atoms with E-state index in [0.29, 0.717) is 0 Å². The van der Waals surface area contributed by atoms with E-state index in [4.69, 9.17) is 0 Å². The highest BCUT2D eigenvalue weighted by atomic mass is 15.3. The van der Waals surface area contributed by atoms with Crippen LogP contribution in [0.25, 0.3) is 0 Å². The van der Waals surface area contributed by atoms with Gasteiger partial charge in [0.15, 0.2) is 0 Å². The van der Waals surface area contributed by atoms with Crippen LogP contribution in [0.15, 0.2) is 18.3 Å². The lowest BCUT2D eigenvalue weighted by atomic mass is 10.0. The fourth-order valence-corrected chi connectivity index (χ4v) is 3.46. The van der Waals surface area contributed by atoms with E-state index in [2.05, 4.69) is 45.8 Å². The van der Waals surface area contributed by atoms with Crippen molar-refractivity contribution in [1.82, 2.24) is 14.8 Å². The van der Waals surface area contributed by atoms with Crippen LogP contribution < -0.4 is 4.90 Å². The van der Waals surface area contributed by atoms with Crippen LogP contribution in [-0.2, 0) is 6.42 Å². The summed E-state index contributed by atoms with van der Waals surface area (Å²) in [6, 6.07) is 5.19. The molecule has 1 aromatic heterocycles. The van der Waals surface area contributed by atoms with Crippen LogP contribution in [0.3, 0.4) is 0 Å². The van der Waals surface area contributed by atoms with Gasteiger partial charge in [-0.05, 0) is 37.9 Å². The zero-order valence-corrected chi connectivity index (χ0v) is 13.5. The number of aryl methyl sites for hydroxylation is 1. The van der Waals surface area contributed by atoms with Crippen LogP contribution in [0.4, 0.5) is 5.82 Å². The summed E-state index contributed by atoms with van der Waals surface area (Å²) in [5, 5.41) is 0. The molecule has 2 aliphatic rings. The summed E-state index contributed by atoms with van der Waals surface area (Å²) in [6.07, 6.45) is 5.66. The van der Waals surface area contributed by atoms with Crippen molar-refractivity contribution in [2.75, 3.05) is 51.2 Å². The third-order valence-electron chi connectivity index (χ3n) is 5.06. The summed E-state index contributed by atoms with van der Waals surface area (Å²) in [5.74, 6) is 1.16. The molecule has 3 rings (SSSR count). The molecule has 0 aromatic carbocycles. The number of piperidine rings is 1. The lowest BCUT2D eigenvalue weighted by molar-refractivity contribution is 0.0981. The summed E-state index contributed by atoms with van der Waals surface area (Å²) < 4.78 is 0. The Bertz CT molecular complexity index is 429. The van der Waals surface area contributed by atoms with Gasteiger partial charge in [0.2, 0.25) is 0 Å². The van der Waals surface area contributed by atoms with Crippen LogP contribution in [-0.4, -0.2) is 67.1 Å². The van der Waals surface area contributed by atoms with E-state index >= 15 is 0 Å². The molecule has 0 atom stereocenters. The maximum absolute atomic E-state index is 4.63. The maximum Gasteiger partial charge on any atom is 0.128 e. The molecule has 4 heteroatoms. The first-order valence-corrected chi connectivity index (χ1v) is 8.38. The highest BCUT2D eigenvalue weighted by molar-refractivity contribution is 5.39. The molecule has 2 aliphatic heterocycles. The minimum absolute atomic E-state index is 0.782. The van der Waals surface area contributed by atoms with E-state index < -0.39 is 0 Å². The summed E-state index contributed by atoms with van der Waals surface area (Å²) in [7, 11) is 2.23. The van der Waals surface area contributed by atoms with Crippen molar-refractivity contribution in [3.05, 3.63) is 23.9 Å². The van der Waals surface area contributed by atoms with Gasteiger partial charge in [0, 0.05) is 51.5 Å². The smallest absolute Gasteiger partial charge is 0.128 e. The second-order valence-electron chi connectivity index (χ2n) is 6.44. The van der Waals surface area contributed by atoms with Crippen LogP contribution in [0.2, 0.25) is 0 Å². The van der Waals surface area contributed by atoms with Gasteiger partial charge in [-0.2, -0.15) is 0 Å². The molecule has 3 heterocycles. The molecular weight excluding hydrogens is 260 g/mol. The number of hydrogen-bond donors (Lipinski definition) is 0. The number of likely N-dealkylation sites (N-methyl/N-ethyl adjacent to an activating group) is 1. The lowest BCUT2D eigenvalue weighted by Gasteiger charge is -2.42. The first-order valence-electron chi connectivity index (χ1n) is 8.38. The average Bonchev–Trinajstić information content (AvgIpc) is 2.56. The van der Waals surface area contributed by atoms with Crippen molar-refractivity contribution in [2.45, 2.75) is 32.2 Å². The van der Waals surface area contributed by atoms with E-state index in [0.717, 1.165) is 31.4 Å². The molecule has 21 heavy (non-hydrogen) atoms. The van der Waals surface area contributed by atoms with Crippen molar-refractivity contribution >= 4 is 5.82 Å². The molecule has 0 N–H and O–H groups in total. The van der Waals surface area contributed by atoms with Gasteiger partial charge >= 0.3 is 0 Å². The first-order chi connectivity index (χ1) is 10.3. The van der Waals surface area contributed by atoms with Crippen LogP contribution in [0, 0.1) is 0 Å². The van der Waals surface area contributed by atoms with Crippen molar-refractivity contribution in [3.8, 4) is 0 Å². The van der Waals surface area contributed by atoms with Gasteiger partial charge < -0.3 is 9.80 Å². The van der Waals surface area contributed by atoms with E-state index in [1.54, 1.807) is 0 Å². The third-order valence-corrected chi connectivity index (χ3v) is 5.06. The quantitative estimate of drug-likeness (QED) is 0.847. The topological polar surface area (TPSA) is 22.6 Å². The van der Waals surface area contributed by atoms with Gasteiger partial charge in [0.1, 0.15) is 5.82 Å². The molecule has 0 aliphatic carbocycles. The second-order valence-corrected chi connectivity index (χ2v) is 6.44. The Morgan fingerprint density at radius 3 is 2.33 bits per heavy atom. The number of rotatable bonds is 3. The fraction of sp³-hybridized carbons (Fsp3) is 0.706. The standard InChI is InChI=1S/C17H28N4/c1-3-15-4-5-17(18-14-15)21-8-6-16(7-9-21)20-12-10-19(2)11-13-20/h4-5,14,16H,3,6-13H2,1-2H3. The molecule has 0 radical (unpaired) electrons. The molecule has 4 nitrogen and oxygen atoms in total. The molecule has 0 unspecified atom stereocenters. The van der Waals surface area contributed by atoms with Crippen molar-refractivity contribution in [3.63, 3.8) is 0 Å². The minimum atomic E-state index is 0.782. The average molecular weight is 288 g/mol. The van der Waals surface area contributed by atoms with E-state index in [-0.39, 0.29) is 0 Å². The molecule has 116 valence electrons. The fourth-order valence-electron chi connectivity index (χ4n) is 3.46. The largest absolute Gasteiger partial charge is 0.357 e. The Morgan fingerprint density at radius 1 is 1.05 bits per heavy atom. The zero-order chi connectivity index (χ0) is 14.7. The number of aromatic nitrogens is 1. The van der Waals surface area contributed by atoms with Crippen LogP contribution in [0.1, 0.15) is 25.3 Å². The monoisotopic (exact) mass is 288 g/mol. The Labute approximate surface area is 128 Å². The highest BCUT2D eigenvalue weighted by Crippen LogP contribution is 2.22. The Morgan fingerprint density at radius 2 is 1.76 bits per heavy atom. The van der Waals surface area contributed by atoms with Gasteiger partial charge in [-0.15, -0.1) is 0 Å². The summed E-state index contributed by atoms with van der Waals surface area (Å²) in [6.45, 7) is 9.40. The van der Waals surface area contributed by atoms with Crippen molar-refractivity contribution in [2.24, 2.45) is 0 Å². The molecule has 2 saturated heterocycles. The molecule has 0 amide bonds. The van der Waals surface area contributed by atoms with Crippen molar-refractivity contribution in [1.29, 1.82) is 0 Å². The Balaban J connectivity index is 1.52. The maximum atomic E-state index is 4.63. The Kier molecular flexibility index (Phi) is 4.76. The highest BCUT2D eigenvalue weighted by Gasteiger charge is 2.26. The molecular formula is C17H28N4. The van der Waals surface area contributed by atoms with Gasteiger partial charge in [-0.1, -0.05) is 13.0 Å². The summed E-state index contributed by atoms with van der Waals surface area (Å²) in [4.78, 5) is 12.2.